The second kappa shape index (κ2) is 6.48. The topological polar surface area (TPSA) is 50.8 Å². The lowest BCUT2D eigenvalue weighted by molar-refractivity contribution is 0.171. The first-order valence-electron chi connectivity index (χ1n) is 8.36. The van der Waals surface area contributed by atoms with Gasteiger partial charge in [0.15, 0.2) is 11.5 Å². The Morgan fingerprint density at radius 1 is 1.28 bits per heavy atom. The van der Waals surface area contributed by atoms with Crippen molar-refractivity contribution in [2.75, 3.05) is 18.1 Å². The first-order chi connectivity index (χ1) is 12.1. The van der Waals surface area contributed by atoms with E-state index in [1.165, 1.54) is 5.56 Å². The molecule has 6 heteroatoms. The van der Waals surface area contributed by atoms with Crippen molar-refractivity contribution in [1.29, 1.82) is 0 Å². The number of fused-ring (bicyclic) bond motifs is 2. The maximum absolute atomic E-state index is 12.7. The van der Waals surface area contributed by atoms with E-state index in [4.69, 9.17) is 21.1 Å². The predicted octanol–water partition coefficient (Wildman–Crippen LogP) is 3.77. The minimum absolute atomic E-state index is 0.108. The average molecular weight is 359 g/mol. The van der Waals surface area contributed by atoms with Crippen LogP contribution in [0.1, 0.15) is 18.1 Å². The number of urea groups is 1. The summed E-state index contributed by atoms with van der Waals surface area (Å²) in [6.07, 6.45) is 0.874. The van der Waals surface area contributed by atoms with Gasteiger partial charge in [-0.2, -0.15) is 0 Å². The third-order valence-electron chi connectivity index (χ3n) is 4.53. The van der Waals surface area contributed by atoms with E-state index in [1.54, 1.807) is 6.07 Å². The fourth-order valence-corrected chi connectivity index (χ4v) is 3.69. The number of anilines is 1. The number of amides is 2. The molecule has 2 aliphatic heterocycles. The standard InChI is InChI=1S/C19H19ClN2O3/c1-12-8-14-4-2-3-5-16(14)22(12)19(23)21-11-13-9-15(20)18-17(10-13)24-6-7-25-18/h2-5,9-10,12H,6-8,11H2,1H3,(H,21,23). The van der Waals surface area contributed by atoms with Crippen molar-refractivity contribution in [2.24, 2.45) is 0 Å². The Kier molecular flexibility index (Phi) is 4.17. The van der Waals surface area contributed by atoms with Gasteiger partial charge in [-0.3, -0.25) is 4.90 Å². The Hall–Kier alpha value is -2.40. The van der Waals surface area contributed by atoms with Crippen LogP contribution >= 0.6 is 11.6 Å². The van der Waals surface area contributed by atoms with Crippen LogP contribution in [0.3, 0.4) is 0 Å². The number of para-hydroxylation sites is 1. The number of nitrogens with zero attached hydrogens (tertiary/aromatic N) is 1. The monoisotopic (exact) mass is 358 g/mol. The summed E-state index contributed by atoms with van der Waals surface area (Å²) in [4.78, 5) is 14.5. The summed E-state index contributed by atoms with van der Waals surface area (Å²) in [5.41, 5.74) is 3.06. The Labute approximate surface area is 151 Å². The summed E-state index contributed by atoms with van der Waals surface area (Å²) in [6, 6.07) is 11.7. The fourth-order valence-electron chi connectivity index (χ4n) is 3.40. The van der Waals surface area contributed by atoms with Crippen LogP contribution in [0.2, 0.25) is 5.02 Å². The molecule has 0 bridgehead atoms. The molecule has 0 saturated heterocycles. The average Bonchev–Trinajstić information content (AvgIpc) is 2.95. The summed E-state index contributed by atoms with van der Waals surface area (Å²) >= 11 is 6.25. The van der Waals surface area contributed by atoms with Gasteiger partial charge >= 0.3 is 6.03 Å². The first-order valence-corrected chi connectivity index (χ1v) is 8.74. The molecule has 130 valence electrons. The minimum atomic E-state index is -0.108. The summed E-state index contributed by atoms with van der Waals surface area (Å²) in [6.45, 7) is 3.43. The van der Waals surface area contributed by atoms with Gasteiger partial charge in [-0.1, -0.05) is 29.8 Å². The summed E-state index contributed by atoms with van der Waals surface area (Å²) in [7, 11) is 0. The molecule has 2 aromatic carbocycles. The fraction of sp³-hybridized carbons (Fsp3) is 0.316. The quantitative estimate of drug-likeness (QED) is 0.889. The van der Waals surface area contributed by atoms with Crippen LogP contribution in [0.15, 0.2) is 36.4 Å². The van der Waals surface area contributed by atoms with Gasteiger partial charge in [-0.25, -0.2) is 4.79 Å². The third kappa shape index (κ3) is 3.00. The van der Waals surface area contributed by atoms with Crippen LogP contribution in [-0.4, -0.2) is 25.3 Å². The van der Waals surface area contributed by atoms with E-state index in [1.807, 2.05) is 29.2 Å². The van der Waals surface area contributed by atoms with Crippen molar-refractivity contribution >= 4 is 23.3 Å². The van der Waals surface area contributed by atoms with E-state index < -0.39 is 0 Å². The maximum atomic E-state index is 12.7. The van der Waals surface area contributed by atoms with Gasteiger partial charge in [0, 0.05) is 18.3 Å². The molecule has 5 nitrogen and oxygen atoms in total. The van der Waals surface area contributed by atoms with Crippen molar-refractivity contribution in [1.82, 2.24) is 5.32 Å². The number of carbonyl (C=O) groups excluding carboxylic acids is 1. The molecule has 2 heterocycles. The number of rotatable bonds is 2. The molecule has 1 atom stereocenters. The van der Waals surface area contributed by atoms with Gasteiger partial charge < -0.3 is 14.8 Å². The molecule has 0 saturated carbocycles. The number of benzene rings is 2. The van der Waals surface area contributed by atoms with E-state index in [0.717, 1.165) is 17.7 Å². The second-order valence-electron chi connectivity index (χ2n) is 6.31. The molecule has 0 aromatic heterocycles. The van der Waals surface area contributed by atoms with Gasteiger partial charge in [0.2, 0.25) is 0 Å². The SMILES string of the molecule is CC1Cc2ccccc2N1C(=O)NCc1cc(Cl)c2c(c1)OCCO2. The molecule has 0 fully saturated rings. The van der Waals surface area contributed by atoms with Gasteiger partial charge in [-0.05, 0) is 42.7 Å². The lowest BCUT2D eigenvalue weighted by atomic mass is 10.1. The smallest absolute Gasteiger partial charge is 0.322 e. The van der Waals surface area contributed by atoms with Crippen molar-refractivity contribution in [2.45, 2.75) is 25.9 Å². The highest BCUT2D eigenvalue weighted by atomic mass is 35.5. The Bertz CT molecular complexity index is 824. The van der Waals surface area contributed by atoms with Gasteiger partial charge in [-0.15, -0.1) is 0 Å². The first kappa shape index (κ1) is 16.1. The Morgan fingerprint density at radius 3 is 2.96 bits per heavy atom. The molecule has 1 N–H and O–H groups in total. The Balaban J connectivity index is 1.49. The number of hydrogen-bond acceptors (Lipinski definition) is 3. The minimum Gasteiger partial charge on any atom is -0.486 e. The van der Waals surface area contributed by atoms with Crippen molar-refractivity contribution in [3.63, 3.8) is 0 Å². The van der Waals surface area contributed by atoms with Gasteiger partial charge in [0.05, 0.1) is 5.02 Å². The molecule has 4 rings (SSSR count). The van der Waals surface area contributed by atoms with Gasteiger partial charge in [0.1, 0.15) is 13.2 Å². The predicted molar refractivity (Wildman–Crippen MR) is 96.8 cm³/mol. The molecular weight excluding hydrogens is 340 g/mol. The highest BCUT2D eigenvalue weighted by Crippen LogP contribution is 2.38. The highest BCUT2D eigenvalue weighted by Gasteiger charge is 2.30. The molecule has 25 heavy (non-hydrogen) atoms. The number of nitrogens with one attached hydrogen (secondary N) is 1. The lowest BCUT2D eigenvalue weighted by Gasteiger charge is -2.24. The van der Waals surface area contributed by atoms with E-state index in [0.29, 0.717) is 36.3 Å². The lowest BCUT2D eigenvalue weighted by Crippen LogP contribution is -2.43. The molecule has 0 spiro atoms. The zero-order chi connectivity index (χ0) is 17.4. The van der Waals surface area contributed by atoms with E-state index >= 15 is 0 Å². The molecule has 1 unspecified atom stereocenters. The normalized spacial score (nSPS) is 18.0. The van der Waals surface area contributed by atoms with Gasteiger partial charge in [0.25, 0.3) is 0 Å². The largest absolute Gasteiger partial charge is 0.486 e. The van der Waals surface area contributed by atoms with Crippen molar-refractivity contribution < 1.29 is 14.3 Å². The van der Waals surface area contributed by atoms with Crippen LogP contribution in [0.25, 0.3) is 0 Å². The molecule has 0 radical (unpaired) electrons. The zero-order valence-electron chi connectivity index (χ0n) is 13.9. The maximum Gasteiger partial charge on any atom is 0.322 e. The molecule has 0 aliphatic carbocycles. The summed E-state index contributed by atoms with van der Waals surface area (Å²) < 4.78 is 11.1. The van der Waals surface area contributed by atoms with E-state index in [9.17, 15) is 4.79 Å². The van der Waals surface area contributed by atoms with Crippen LogP contribution in [0.5, 0.6) is 11.5 Å². The van der Waals surface area contributed by atoms with Crippen LogP contribution < -0.4 is 19.7 Å². The molecule has 2 amide bonds. The number of hydrogen-bond donors (Lipinski definition) is 1. The highest BCUT2D eigenvalue weighted by molar-refractivity contribution is 6.32. The zero-order valence-corrected chi connectivity index (χ0v) is 14.7. The van der Waals surface area contributed by atoms with Crippen LogP contribution in [0.4, 0.5) is 10.5 Å². The molecule has 2 aromatic rings. The number of carbonyl (C=O) groups is 1. The summed E-state index contributed by atoms with van der Waals surface area (Å²) in [5, 5.41) is 3.48. The third-order valence-corrected chi connectivity index (χ3v) is 4.81. The van der Waals surface area contributed by atoms with E-state index in [2.05, 4.69) is 18.3 Å². The second-order valence-corrected chi connectivity index (χ2v) is 6.72. The van der Waals surface area contributed by atoms with Crippen molar-refractivity contribution in [3.8, 4) is 11.5 Å². The number of halogens is 1. The van der Waals surface area contributed by atoms with Crippen LogP contribution in [0, 0.1) is 0 Å². The van der Waals surface area contributed by atoms with Crippen LogP contribution in [-0.2, 0) is 13.0 Å². The number of ether oxygens (including phenoxy) is 2. The van der Waals surface area contributed by atoms with Crippen molar-refractivity contribution in [3.05, 3.63) is 52.5 Å². The van der Waals surface area contributed by atoms with E-state index in [-0.39, 0.29) is 12.1 Å². The molecule has 2 aliphatic rings. The molecular formula is C19H19ClN2O3. The Morgan fingerprint density at radius 2 is 2.08 bits per heavy atom. The summed E-state index contributed by atoms with van der Waals surface area (Å²) in [5.74, 6) is 1.20.